The number of ether oxygens (including phenoxy) is 1. The maximum absolute atomic E-state index is 12.6. The Kier molecular flexibility index (Phi) is 7.06. The van der Waals surface area contributed by atoms with Crippen molar-refractivity contribution in [3.63, 3.8) is 0 Å². The van der Waals surface area contributed by atoms with Gasteiger partial charge in [-0.1, -0.05) is 43.2 Å². The van der Waals surface area contributed by atoms with Crippen LogP contribution in [0.15, 0.2) is 48.5 Å². The minimum absolute atomic E-state index is 0. The number of nitrogens with one attached hydrogen (secondary N) is 1. The summed E-state index contributed by atoms with van der Waals surface area (Å²) in [5, 5.41) is 3.14. The van der Waals surface area contributed by atoms with Crippen molar-refractivity contribution < 1.29 is 9.53 Å². The fraction of sp³-hybridized carbons (Fsp3) is 0.381. The second-order valence-corrected chi connectivity index (χ2v) is 6.77. The van der Waals surface area contributed by atoms with E-state index in [0.29, 0.717) is 18.7 Å². The summed E-state index contributed by atoms with van der Waals surface area (Å²) in [5.74, 6) is 0.871. The van der Waals surface area contributed by atoms with Crippen molar-refractivity contribution in [3.8, 4) is 5.75 Å². The summed E-state index contributed by atoms with van der Waals surface area (Å²) in [5.41, 5.74) is 8.47. The Morgan fingerprint density at radius 2 is 1.77 bits per heavy atom. The third kappa shape index (κ3) is 4.19. The molecule has 0 heterocycles. The molecule has 1 aliphatic rings. The number of hydrogen-bond donors (Lipinski definition) is 2. The number of carbonyl (C=O) groups is 1. The number of rotatable bonds is 6. The molecular formula is C21H27ClN2O2. The van der Waals surface area contributed by atoms with Crippen molar-refractivity contribution in [2.45, 2.75) is 37.6 Å². The van der Waals surface area contributed by atoms with Gasteiger partial charge in [0.1, 0.15) is 5.75 Å². The maximum Gasteiger partial charge on any atom is 0.251 e. The van der Waals surface area contributed by atoms with Gasteiger partial charge in [0.25, 0.3) is 5.91 Å². The topological polar surface area (TPSA) is 64.3 Å². The van der Waals surface area contributed by atoms with E-state index in [0.717, 1.165) is 24.2 Å². The molecule has 2 aromatic rings. The number of nitrogens with two attached hydrogens (primary N) is 1. The molecule has 0 saturated heterocycles. The van der Waals surface area contributed by atoms with Crippen LogP contribution in [0.25, 0.3) is 0 Å². The van der Waals surface area contributed by atoms with Crippen LogP contribution in [0.3, 0.4) is 0 Å². The minimum atomic E-state index is -0.0422. The van der Waals surface area contributed by atoms with Crippen LogP contribution in [0.1, 0.15) is 47.2 Å². The molecule has 26 heavy (non-hydrogen) atoms. The van der Waals surface area contributed by atoms with Gasteiger partial charge in [-0.15, -0.1) is 12.4 Å². The lowest BCUT2D eigenvalue weighted by Gasteiger charge is -2.31. The van der Waals surface area contributed by atoms with E-state index in [9.17, 15) is 4.79 Å². The number of benzene rings is 2. The Bertz CT molecular complexity index is 725. The quantitative estimate of drug-likeness (QED) is 0.807. The molecule has 140 valence electrons. The number of amides is 1. The second-order valence-electron chi connectivity index (χ2n) is 6.77. The predicted octanol–water partition coefficient (Wildman–Crippen LogP) is 3.82. The Labute approximate surface area is 161 Å². The van der Waals surface area contributed by atoms with Gasteiger partial charge in [-0.05, 0) is 36.6 Å². The summed E-state index contributed by atoms with van der Waals surface area (Å²) in [6, 6.07) is 15.6. The van der Waals surface area contributed by atoms with E-state index < -0.39 is 0 Å². The van der Waals surface area contributed by atoms with Gasteiger partial charge < -0.3 is 15.8 Å². The second kappa shape index (κ2) is 9.06. The van der Waals surface area contributed by atoms with E-state index in [-0.39, 0.29) is 23.7 Å². The van der Waals surface area contributed by atoms with Gasteiger partial charge in [0.15, 0.2) is 0 Å². The smallest absolute Gasteiger partial charge is 0.251 e. The van der Waals surface area contributed by atoms with Crippen LogP contribution < -0.4 is 15.8 Å². The summed E-state index contributed by atoms with van der Waals surface area (Å²) in [7, 11) is 1.71. The monoisotopic (exact) mass is 374 g/mol. The van der Waals surface area contributed by atoms with Crippen LogP contribution in [0.5, 0.6) is 5.75 Å². The molecule has 0 bridgehead atoms. The number of hydrogen-bond acceptors (Lipinski definition) is 3. The van der Waals surface area contributed by atoms with E-state index in [2.05, 4.69) is 11.4 Å². The van der Waals surface area contributed by atoms with Crippen molar-refractivity contribution >= 4 is 18.3 Å². The minimum Gasteiger partial charge on any atom is -0.496 e. The molecule has 5 heteroatoms. The van der Waals surface area contributed by atoms with Crippen LogP contribution in [0.2, 0.25) is 0 Å². The molecule has 1 amide bonds. The van der Waals surface area contributed by atoms with Crippen molar-refractivity contribution in [2.75, 3.05) is 13.7 Å². The van der Waals surface area contributed by atoms with Crippen LogP contribution in [-0.2, 0) is 12.0 Å². The fourth-order valence-corrected chi connectivity index (χ4v) is 3.82. The average Bonchev–Trinajstić information content (AvgIpc) is 3.16. The molecule has 1 aliphatic carbocycles. The molecule has 0 unspecified atom stereocenters. The Morgan fingerprint density at radius 1 is 1.12 bits per heavy atom. The Morgan fingerprint density at radius 3 is 2.38 bits per heavy atom. The lowest BCUT2D eigenvalue weighted by molar-refractivity contribution is 0.0942. The highest BCUT2D eigenvalue weighted by atomic mass is 35.5. The first kappa shape index (κ1) is 20.3. The zero-order valence-electron chi connectivity index (χ0n) is 15.2. The first-order valence-electron chi connectivity index (χ1n) is 8.89. The van der Waals surface area contributed by atoms with E-state index in [1.807, 2.05) is 42.5 Å². The molecule has 4 nitrogen and oxygen atoms in total. The molecule has 1 fully saturated rings. The average molecular weight is 375 g/mol. The molecule has 0 aromatic heterocycles. The van der Waals surface area contributed by atoms with Gasteiger partial charge in [-0.25, -0.2) is 0 Å². The number of para-hydroxylation sites is 1. The summed E-state index contributed by atoms with van der Waals surface area (Å²) in [4.78, 5) is 12.6. The van der Waals surface area contributed by atoms with E-state index in [1.165, 1.54) is 18.4 Å². The number of carbonyl (C=O) groups excluding carboxylic acids is 1. The van der Waals surface area contributed by atoms with Gasteiger partial charge in [-0.2, -0.15) is 0 Å². The Hall–Kier alpha value is -2.04. The summed E-state index contributed by atoms with van der Waals surface area (Å²) in [6.45, 7) is 1.11. The van der Waals surface area contributed by atoms with Crippen molar-refractivity contribution in [3.05, 3.63) is 65.2 Å². The lowest BCUT2D eigenvalue weighted by Crippen LogP contribution is -2.39. The van der Waals surface area contributed by atoms with Gasteiger partial charge in [0.05, 0.1) is 7.11 Å². The van der Waals surface area contributed by atoms with Crippen LogP contribution in [-0.4, -0.2) is 19.6 Å². The SMILES string of the molecule is COc1ccccc1C1(CNC(=O)c2ccc(CN)cc2)CCCC1.Cl. The standard InChI is InChI=1S/C21H26N2O2.ClH/c1-25-19-7-3-2-6-18(19)21(12-4-5-13-21)15-23-20(24)17-10-8-16(14-22)9-11-17;/h2-3,6-11H,4-5,12-15,22H2,1H3,(H,23,24);1H. The lowest BCUT2D eigenvalue weighted by atomic mass is 9.78. The maximum atomic E-state index is 12.6. The van der Waals surface area contributed by atoms with Crippen molar-refractivity contribution in [1.82, 2.24) is 5.32 Å². The molecule has 1 saturated carbocycles. The van der Waals surface area contributed by atoms with Crippen LogP contribution in [0, 0.1) is 0 Å². The Balaban J connectivity index is 0.00000243. The van der Waals surface area contributed by atoms with E-state index in [1.54, 1.807) is 7.11 Å². The highest BCUT2D eigenvalue weighted by Gasteiger charge is 2.38. The molecular weight excluding hydrogens is 348 g/mol. The normalized spacial score (nSPS) is 15.2. The molecule has 2 aromatic carbocycles. The van der Waals surface area contributed by atoms with Gasteiger partial charge in [0.2, 0.25) is 0 Å². The van der Waals surface area contributed by atoms with E-state index in [4.69, 9.17) is 10.5 Å². The largest absolute Gasteiger partial charge is 0.496 e. The summed E-state index contributed by atoms with van der Waals surface area (Å²) >= 11 is 0. The van der Waals surface area contributed by atoms with E-state index >= 15 is 0 Å². The van der Waals surface area contributed by atoms with Crippen molar-refractivity contribution in [1.29, 1.82) is 0 Å². The summed E-state index contributed by atoms with van der Waals surface area (Å²) < 4.78 is 5.58. The van der Waals surface area contributed by atoms with Gasteiger partial charge in [0, 0.05) is 29.6 Å². The third-order valence-corrected chi connectivity index (χ3v) is 5.28. The fourth-order valence-electron chi connectivity index (χ4n) is 3.82. The van der Waals surface area contributed by atoms with Crippen LogP contribution in [0.4, 0.5) is 0 Å². The zero-order valence-corrected chi connectivity index (χ0v) is 16.0. The first-order chi connectivity index (χ1) is 12.2. The number of halogens is 1. The molecule has 0 spiro atoms. The molecule has 0 radical (unpaired) electrons. The highest BCUT2D eigenvalue weighted by Crippen LogP contribution is 2.44. The van der Waals surface area contributed by atoms with Crippen LogP contribution >= 0.6 is 12.4 Å². The molecule has 0 aliphatic heterocycles. The van der Waals surface area contributed by atoms with Gasteiger partial charge >= 0.3 is 0 Å². The number of methoxy groups -OCH3 is 1. The molecule has 3 rings (SSSR count). The predicted molar refractivity (Wildman–Crippen MR) is 107 cm³/mol. The third-order valence-electron chi connectivity index (χ3n) is 5.28. The summed E-state index contributed by atoms with van der Waals surface area (Å²) in [6.07, 6.45) is 4.50. The van der Waals surface area contributed by atoms with Crippen molar-refractivity contribution in [2.24, 2.45) is 5.73 Å². The molecule has 0 atom stereocenters. The molecule has 3 N–H and O–H groups in total. The highest BCUT2D eigenvalue weighted by molar-refractivity contribution is 5.94. The zero-order chi connectivity index (χ0) is 17.7. The van der Waals surface area contributed by atoms with Gasteiger partial charge in [-0.3, -0.25) is 4.79 Å². The first-order valence-corrected chi connectivity index (χ1v) is 8.89.